The highest BCUT2D eigenvalue weighted by Crippen LogP contribution is 2.26. The number of fused-ring (bicyclic) bond motifs is 1. The molecule has 0 bridgehead atoms. The van der Waals surface area contributed by atoms with E-state index in [4.69, 9.17) is 0 Å². The maximum Gasteiger partial charge on any atom is 0.244 e. The van der Waals surface area contributed by atoms with E-state index in [-0.39, 0.29) is 4.90 Å². The summed E-state index contributed by atoms with van der Waals surface area (Å²) in [5.74, 6) is 0.386. The number of hydrogen-bond donors (Lipinski definition) is 0. The molecule has 0 unspecified atom stereocenters. The third-order valence-electron chi connectivity index (χ3n) is 4.35. The average Bonchev–Trinajstić information content (AvgIpc) is 3.04. The van der Waals surface area contributed by atoms with Crippen molar-refractivity contribution >= 4 is 21.1 Å². The predicted octanol–water partition coefficient (Wildman–Crippen LogP) is 0.849. The van der Waals surface area contributed by atoms with Gasteiger partial charge >= 0.3 is 0 Å². The molecule has 0 saturated carbocycles. The van der Waals surface area contributed by atoms with E-state index in [0.29, 0.717) is 24.7 Å². The van der Waals surface area contributed by atoms with Crippen molar-refractivity contribution in [3.63, 3.8) is 0 Å². The van der Waals surface area contributed by atoms with Crippen LogP contribution in [0, 0.1) is 12.8 Å². The van der Waals surface area contributed by atoms with Crippen molar-refractivity contribution in [2.45, 2.75) is 18.2 Å². The van der Waals surface area contributed by atoms with E-state index in [2.05, 4.69) is 15.0 Å². The van der Waals surface area contributed by atoms with Crippen molar-refractivity contribution in [3.05, 3.63) is 18.0 Å². The zero-order chi connectivity index (χ0) is 16.8. The molecule has 1 aliphatic rings. The largest absolute Gasteiger partial charge is 0.309 e. The van der Waals surface area contributed by atoms with Gasteiger partial charge in [0.1, 0.15) is 4.90 Å². The third-order valence-corrected chi connectivity index (χ3v) is 6.18. The molecule has 2 aromatic rings. The van der Waals surface area contributed by atoms with Crippen LogP contribution in [0.2, 0.25) is 0 Å². The van der Waals surface area contributed by atoms with Crippen LogP contribution in [0.3, 0.4) is 0 Å². The summed E-state index contributed by atoms with van der Waals surface area (Å²) in [5.41, 5.74) is 1.49. The summed E-state index contributed by atoms with van der Waals surface area (Å²) in [6.45, 7) is 3.92. The highest BCUT2D eigenvalue weighted by atomic mass is 32.2. The standard InChI is InChI=1S/C15H23N5O2S/c1-11-14-7-13(8-16-15(14)19(4)17-11)23(21,22)20-6-5-12(10-20)9-18(2)3/h7-8,12H,5-6,9-10H2,1-4H3/t12-/m1/s1. The Morgan fingerprint density at radius 1 is 1.39 bits per heavy atom. The van der Waals surface area contributed by atoms with Crippen LogP contribution in [0.1, 0.15) is 12.1 Å². The Bertz CT molecular complexity index is 828. The van der Waals surface area contributed by atoms with E-state index in [0.717, 1.165) is 24.0 Å². The Hall–Kier alpha value is -1.51. The monoisotopic (exact) mass is 337 g/mol. The second kappa shape index (κ2) is 5.85. The molecule has 1 saturated heterocycles. The highest BCUT2D eigenvalue weighted by Gasteiger charge is 2.33. The van der Waals surface area contributed by atoms with E-state index >= 15 is 0 Å². The number of aryl methyl sites for hydroxylation is 2. The van der Waals surface area contributed by atoms with Crippen LogP contribution in [0.15, 0.2) is 17.2 Å². The molecule has 1 atom stereocenters. The second-order valence-corrected chi connectivity index (χ2v) is 8.47. The van der Waals surface area contributed by atoms with Crippen LogP contribution in [0.4, 0.5) is 0 Å². The zero-order valence-corrected chi connectivity index (χ0v) is 14.8. The van der Waals surface area contributed by atoms with Gasteiger partial charge < -0.3 is 4.90 Å². The van der Waals surface area contributed by atoms with Crippen molar-refractivity contribution in [1.29, 1.82) is 0 Å². The summed E-state index contributed by atoms with van der Waals surface area (Å²) < 4.78 is 29.0. The second-order valence-electron chi connectivity index (χ2n) is 6.53. The molecular formula is C15H23N5O2S. The lowest BCUT2D eigenvalue weighted by Gasteiger charge is -2.18. The Balaban J connectivity index is 1.90. The third kappa shape index (κ3) is 2.98. The topological polar surface area (TPSA) is 71.3 Å². The summed E-state index contributed by atoms with van der Waals surface area (Å²) in [6.07, 6.45) is 2.34. The molecule has 0 aromatic carbocycles. The molecule has 1 fully saturated rings. The van der Waals surface area contributed by atoms with Crippen LogP contribution < -0.4 is 0 Å². The fraction of sp³-hybridized carbons (Fsp3) is 0.600. The summed E-state index contributed by atoms with van der Waals surface area (Å²) in [7, 11) is 2.35. The predicted molar refractivity (Wildman–Crippen MR) is 88.7 cm³/mol. The maximum atomic E-state index is 12.9. The first-order valence-corrected chi connectivity index (χ1v) is 9.17. The van der Waals surface area contributed by atoms with Gasteiger partial charge in [-0.3, -0.25) is 4.68 Å². The zero-order valence-electron chi connectivity index (χ0n) is 14.0. The van der Waals surface area contributed by atoms with Crippen LogP contribution in [0.5, 0.6) is 0 Å². The van der Waals surface area contributed by atoms with E-state index in [9.17, 15) is 8.42 Å². The Morgan fingerprint density at radius 3 is 2.83 bits per heavy atom. The van der Waals surface area contributed by atoms with Crippen molar-refractivity contribution in [1.82, 2.24) is 24.0 Å². The quantitative estimate of drug-likeness (QED) is 0.827. The van der Waals surface area contributed by atoms with E-state index in [1.807, 2.05) is 28.1 Å². The first kappa shape index (κ1) is 16.4. The summed E-state index contributed by atoms with van der Waals surface area (Å²) in [6, 6.07) is 1.69. The molecule has 1 aliphatic heterocycles. The Labute approximate surface area is 136 Å². The van der Waals surface area contributed by atoms with Gasteiger partial charge in [-0.2, -0.15) is 9.40 Å². The van der Waals surface area contributed by atoms with Gasteiger partial charge in [0.2, 0.25) is 10.0 Å². The number of rotatable bonds is 4. The Kier molecular flexibility index (Phi) is 4.16. The highest BCUT2D eigenvalue weighted by molar-refractivity contribution is 7.89. The van der Waals surface area contributed by atoms with Crippen molar-refractivity contribution < 1.29 is 8.42 Å². The molecule has 7 nitrogen and oxygen atoms in total. The van der Waals surface area contributed by atoms with Gasteiger partial charge in [0, 0.05) is 38.3 Å². The molecule has 8 heteroatoms. The van der Waals surface area contributed by atoms with E-state index in [1.54, 1.807) is 15.1 Å². The summed E-state index contributed by atoms with van der Waals surface area (Å²) >= 11 is 0. The van der Waals surface area contributed by atoms with Gasteiger partial charge in [0.05, 0.1) is 5.69 Å². The minimum Gasteiger partial charge on any atom is -0.309 e. The minimum absolute atomic E-state index is 0.256. The van der Waals surface area contributed by atoms with Crippen LogP contribution in [-0.4, -0.2) is 66.1 Å². The Morgan fingerprint density at radius 2 is 2.13 bits per heavy atom. The molecule has 0 spiro atoms. The average molecular weight is 337 g/mol. The number of nitrogens with zero attached hydrogens (tertiary/aromatic N) is 5. The number of hydrogen-bond acceptors (Lipinski definition) is 5. The van der Waals surface area contributed by atoms with Crippen molar-refractivity contribution in [2.75, 3.05) is 33.7 Å². The van der Waals surface area contributed by atoms with Crippen LogP contribution in [0.25, 0.3) is 11.0 Å². The fourth-order valence-corrected chi connectivity index (χ4v) is 4.76. The van der Waals surface area contributed by atoms with E-state index in [1.165, 1.54) is 6.20 Å². The van der Waals surface area contributed by atoms with Crippen LogP contribution >= 0.6 is 0 Å². The van der Waals surface area contributed by atoms with Gasteiger partial charge in [-0.05, 0) is 39.4 Å². The molecule has 0 radical (unpaired) electrons. The lowest BCUT2D eigenvalue weighted by molar-refractivity contribution is 0.329. The van der Waals surface area contributed by atoms with Crippen molar-refractivity contribution in [3.8, 4) is 0 Å². The maximum absolute atomic E-state index is 12.9. The molecule has 2 aromatic heterocycles. The summed E-state index contributed by atoms with van der Waals surface area (Å²) in [4.78, 5) is 6.65. The SMILES string of the molecule is Cc1nn(C)c2ncc(S(=O)(=O)N3CC[C@H](CN(C)C)C3)cc12. The first-order chi connectivity index (χ1) is 10.8. The van der Waals surface area contributed by atoms with Gasteiger partial charge in [-0.25, -0.2) is 13.4 Å². The molecule has 0 amide bonds. The van der Waals surface area contributed by atoms with Gasteiger partial charge in [0.15, 0.2) is 5.65 Å². The molecule has 126 valence electrons. The lowest BCUT2D eigenvalue weighted by atomic mass is 10.1. The molecule has 23 heavy (non-hydrogen) atoms. The molecular weight excluding hydrogens is 314 g/mol. The molecule has 3 rings (SSSR count). The smallest absolute Gasteiger partial charge is 0.244 e. The number of pyridine rings is 1. The minimum atomic E-state index is -3.49. The fourth-order valence-electron chi connectivity index (χ4n) is 3.26. The molecule has 0 aliphatic carbocycles. The van der Waals surface area contributed by atoms with Gasteiger partial charge in [-0.1, -0.05) is 0 Å². The molecule has 3 heterocycles. The van der Waals surface area contributed by atoms with Crippen molar-refractivity contribution in [2.24, 2.45) is 13.0 Å². The molecule has 0 N–H and O–H groups in total. The normalized spacial score (nSPS) is 20.0. The first-order valence-electron chi connectivity index (χ1n) is 7.73. The van der Waals surface area contributed by atoms with Gasteiger partial charge in [-0.15, -0.1) is 0 Å². The van der Waals surface area contributed by atoms with Crippen LogP contribution in [-0.2, 0) is 17.1 Å². The number of aromatic nitrogens is 3. The lowest BCUT2D eigenvalue weighted by Crippen LogP contribution is -2.31. The van der Waals surface area contributed by atoms with Gasteiger partial charge in [0.25, 0.3) is 0 Å². The van der Waals surface area contributed by atoms with E-state index < -0.39 is 10.0 Å². The summed E-state index contributed by atoms with van der Waals surface area (Å²) in [5, 5.41) is 5.09. The number of sulfonamides is 1.